The molecular weight excluding hydrogens is 228 g/mol. The van der Waals surface area contributed by atoms with Crippen LogP contribution in [-0.4, -0.2) is 9.91 Å². The average Bonchev–Trinajstić information content (AvgIpc) is 2.30. The molecular formula is C11H7ClN2O2. The molecule has 16 heavy (non-hydrogen) atoms. The first kappa shape index (κ1) is 10.6. The quantitative estimate of drug-likeness (QED) is 0.455. The van der Waals surface area contributed by atoms with Crippen LogP contribution in [0, 0.1) is 10.1 Å². The van der Waals surface area contributed by atoms with Crippen LogP contribution < -0.4 is 0 Å². The Morgan fingerprint density at radius 1 is 1.19 bits per heavy atom. The van der Waals surface area contributed by atoms with Gasteiger partial charge in [-0.05, 0) is 17.7 Å². The highest BCUT2D eigenvalue weighted by atomic mass is 35.5. The Morgan fingerprint density at radius 3 is 2.62 bits per heavy atom. The zero-order chi connectivity index (χ0) is 11.5. The maximum absolute atomic E-state index is 10.6. The molecule has 0 aliphatic rings. The van der Waals surface area contributed by atoms with Crippen LogP contribution in [0.3, 0.4) is 0 Å². The van der Waals surface area contributed by atoms with Gasteiger partial charge in [-0.1, -0.05) is 23.7 Å². The van der Waals surface area contributed by atoms with Crippen molar-refractivity contribution in [3.63, 3.8) is 0 Å². The van der Waals surface area contributed by atoms with Gasteiger partial charge >= 0.3 is 0 Å². The van der Waals surface area contributed by atoms with E-state index in [4.69, 9.17) is 11.6 Å². The zero-order valence-corrected chi connectivity index (χ0v) is 8.89. The van der Waals surface area contributed by atoms with E-state index in [1.807, 2.05) is 0 Å². The van der Waals surface area contributed by atoms with Crippen LogP contribution in [0.1, 0.15) is 0 Å². The number of hydrogen-bond acceptors (Lipinski definition) is 3. The van der Waals surface area contributed by atoms with Crippen molar-refractivity contribution in [3.8, 4) is 11.1 Å². The van der Waals surface area contributed by atoms with E-state index in [2.05, 4.69) is 4.98 Å². The fraction of sp³-hybridized carbons (Fsp3) is 0. The van der Waals surface area contributed by atoms with Gasteiger partial charge in [0.1, 0.15) is 5.15 Å². The molecule has 1 aromatic heterocycles. The summed E-state index contributed by atoms with van der Waals surface area (Å²) in [6.45, 7) is 0. The van der Waals surface area contributed by atoms with Crippen LogP contribution in [0.15, 0.2) is 42.6 Å². The number of hydrogen-bond donors (Lipinski definition) is 0. The molecule has 1 heterocycles. The first-order chi connectivity index (χ1) is 7.66. The lowest BCUT2D eigenvalue weighted by atomic mass is 10.1. The third-order valence-electron chi connectivity index (χ3n) is 2.12. The summed E-state index contributed by atoms with van der Waals surface area (Å²) in [7, 11) is 0. The maximum atomic E-state index is 10.6. The second-order valence-corrected chi connectivity index (χ2v) is 3.56. The third kappa shape index (κ3) is 2.17. The Kier molecular flexibility index (Phi) is 2.83. The second-order valence-electron chi connectivity index (χ2n) is 3.18. The van der Waals surface area contributed by atoms with Gasteiger partial charge in [0.15, 0.2) is 0 Å². The number of pyridine rings is 1. The third-order valence-corrected chi connectivity index (χ3v) is 2.34. The normalized spacial score (nSPS) is 10.1. The van der Waals surface area contributed by atoms with E-state index in [0.717, 1.165) is 11.1 Å². The van der Waals surface area contributed by atoms with E-state index in [9.17, 15) is 10.1 Å². The summed E-state index contributed by atoms with van der Waals surface area (Å²) in [6, 6.07) is 9.81. The Morgan fingerprint density at radius 2 is 2.00 bits per heavy atom. The number of nitrogens with zero attached hydrogens (tertiary/aromatic N) is 2. The van der Waals surface area contributed by atoms with Gasteiger partial charge in [0.25, 0.3) is 5.69 Å². The van der Waals surface area contributed by atoms with Gasteiger partial charge < -0.3 is 0 Å². The van der Waals surface area contributed by atoms with Gasteiger partial charge in [-0.15, -0.1) is 0 Å². The van der Waals surface area contributed by atoms with E-state index in [0.29, 0.717) is 5.15 Å². The van der Waals surface area contributed by atoms with Crippen molar-refractivity contribution < 1.29 is 4.92 Å². The average molecular weight is 235 g/mol. The predicted octanol–water partition coefficient (Wildman–Crippen LogP) is 3.31. The molecule has 0 saturated carbocycles. The van der Waals surface area contributed by atoms with Crippen LogP contribution in [0.4, 0.5) is 5.69 Å². The molecule has 0 unspecified atom stereocenters. The Hall–Kier alpha value is -1.94. The fourth-order valence-corrected chi connectivity index (χ4v) is 1.46. The van der Waals surface area contributed by atoms with Gasteiger partial charge in [0, 0.05) is 23.9 Å². The first-order valence-electron chi connectivity index (χ1n) is 4.53. The van der Waals surface area contributed by atoms with E-state index < -0.39 is 4.92 Å². The summed E-state index contributed by atoms with van der Waals surface area (Å²) >= 11 is 5.66. The molecule has 0 N–H and O–H groups in total. The molecule has 0 saturated heterocycles. The molecule has 0 spiro atoms. The molecule has 0 amide bonds. The van der Waals surface area contributed by atoms with E-state index in [1.165, 1.54) is 12.1 Å². The number of non-ortho nitro benzene ring substituents is 1. The van der Waals surface area contributed by atoms with Crippen molar-refractivity contribution in [2.24, 2.45) is 0 Å². The topological polar surface area (TPSA) is 56.0 Å². The van der Waals surface area contributed by atoms with Crippen molar-refractivity contribution in [1.29, 1.82) is 0 Å². The summed E-state index contributed by atoms with van der Waals surface area (Å²) in [6.07, 6.45) is 1.58. The summed E-state index contributed by atoms with van der Waals surface area (Å²) in [5.41, 5.74) is 1.61. The van der Waals surface area contributed by atoms with Crippen LogP contribution in [-0.2, 0) is 0 Å². The Bertz CT molecular complexity index is 526. The van der Waals surface area contributed by atoms with Crippen LogP contribution in [0.25, 0.3) is 11.1 Å². The number of rotatable bonds is 2. The van der Waals surface area contributed by atoms with Gasteiger partial charge in [-0.2, -0.15) is 0 Å². The van der Waals surface area contributed by atoms with Crippen molar-refractivity contribution in [3.05, 3.63) is 57.9 Å². The first-order valence-corrected chi connectivity index (χ1v) is 4.91. The van der Waals surface area contributed by atoms with Crippen molar-refractivity contribution in [2.45, 2.75) is 0 Å². The number of nitro groups is 1. The van der Waals surface area contributed by atoms with Gasteiger partial charge in [-0.3, -0.25) is 10.1 Å². The minimum atomic E-state index is -0.424. The lowest BCUT2D eigenvalue weighted by molar-refractivity contribution is -0.384. The van der Waals surface area contributed by atoms with Crippen molar-refractivity contribution >= 4 is 17.3 Å². The molecule has 1 aromatic carbocycles. The molecule has 0 radical (unpaired) electrons. The zero-order valence-electron chi connectivity index (χ0n) is 8.13. The van der Waals surface area contributed by atoms with Gasteiger partial charge in [-0.25, -0.2) is 4.98 Å². The maximum Gasteiger partial charge on any atom is 0.270 e. The minimum absolute atomic E-state index is 0.0625. The highest BCUT2D eigenvalue weighted by Gasteiger charge is 2.06. The minimum Gasteiger partial charge on any atom is -0.258 e. The molecule has 0 aliphatic carbocycles. The number of nitro benzene ring substituents is 1. The molecule has 2 aromatic rings. The van der Waals surface area contributed by atoms with Crippen LogP contribution >= 0.6 is 11.6 Å². The van der Waals surface area contributed by atoms with Crippen LogP contribution in [0.2, 0.25) is 5.15 Å². The lowest BCUT2D eigenvalue weighted by Gasteiger charge is -2.00. The molecule has 5 heteroatoms. The molecule has 0 fully saturated rings. The summed E-state index contributed by atoms with van der Waals surface area (Å²) in [5, 5.41) is 11.0. The number of halogens is 1. The van der Waals surface area contributed by atoms with E-state index in [-0.39, 0.29) is 5.69 Å². The molecule has 0 aliphatic heterocycles. The summed E-state index contributed by atoms with van der Waals surface area (Å²) in [4.78, 5) is 14.1. The highest BCUT2D eigenvalue weighted by Crippen LogP contribution is 2.23. The van der Waals surface area contributed by atoms with Crippen molar-refractivity contribution in [1.82, 2.24) is 4.98 Å². The van der Waals surface area contributed by atoms with E-state index in [1.54, 1.807) is 30.5 Å². The highest BCUT2D eigenvalue weighted by molar-refractivity contribution is 6.29. The molecule has 4 nitrogen and oxygen atoms in total. The fourth-order valence-electron chi connectivity index (χ4n) is 1.35. The SMILES string of the molecule is O=[N+]([O-])c1cccc(-c2ccc(Cl)nc2)c1. The molecule has 0 atom stereocenters. The second kappa shape index (κ2) is 4.28. The Labute approximate surface area is 96.7 Å². The summed E-state index contributed by atoms with van der Waals surface area (Å²) < 4.78 is 0. The molecule has 0 bridgehead atoms. The van der Waals surface area contributed by atoms with Gasteiger partial charge in [0.2, 0.25) is 0 Å². The van der Waals surface area contributed by atoms with Crippen LogP contribution in [0.5, 0.6) is 0 Å². The largest absolute Gasteiger partial charge is 0.270 e. The number of aromatic nitrogens is 1. The monoisotopic (exact) mass is 234 g/mol. The summed E-state index contributed by atoms with van der Waals surface area (Å²) in [5.74, 6) is 0. The van der Waals surface area contributed by atoms with E-state index >= 15 is 0 Å². The van der Waals surface area contributed by atoms with Crippen molar-refractivity contribution in [2.75, 3.05) is 0 Å². The molecule has 80 valence electrons. The smallest absolute Gasteiger partial charge is 0.258 e. The predicted molar refractivity (Wildman–Crippen MR) is 61.3 cm³/mol. The molecule has 2 rings (SSSR count). The lowest BCUT2D eigenvalue weighted by Crippen LogP contribution is -1.88. The standard InChI is InChI=1S/C11H7ClN2O2/c12-11-5-4-9(7-13-11)8-2-1-3-10(6-8)14(15)16/h1-7H. The van der Waals surface area contributed by atoms with Gasteiger partial charge in [0.05, 0.1) is 4.92 Å². The Balaban J connectivity index is 2.44. The number of benzene rings is 1.